The monoisotopic (exact) mass is 438 g/mol. The summed E-state index contributed by atoms with van der Waals surface area (Å²) in [5.41, 5.74) is 2.38. The number of amides is 1. The Bertz CT molecular complexity index is 1220. The first kappa shape index (κ1) is 21.2. The van der Waals surface area contributed by atoms with Crippen molar-refractivity contribution >= 4 is 22.5 Å². The maximum Gasteiger partial charge on any atom is 0.573 e. The van der Waals surface area contributed by atoms with Crippen molar-refractivity contribution in [1.82, 2.24) is 4.98 Å². The fraction of sp³-hybridized carbons (Fsp3) is 0.0833. The average Bonchev–Trinajstić information content (AvgIpc) is 2.78. The zero-order chi connectivity index (χ0) is 22.6. The van der Waals surface area contributed by atoms with Crippen LogP contribution in [0.25, 0.3) is 10.9 Å². The molecule has 0 atom stereocenters. The second kappa shape index (κ2) is 8.97. The smallest absolute Gasteiger partial charge is 0.487 e. The van der Waals surface area contributed by atoms with Gasteiger partial charge in [0, 0.05) is 16.6 Å². The van der Waals surface area contributed by atoms with Gasteiger partial charge in [0.05, 0.1) is 11.2 Å². The lowest BCUT2D eigenvalue weighted by Crippen LogP contribution is -2.17. The highest BCUT2D eigenvalue weighted by molar-refractivity contribution is 6.04. The molecule has 1 aromatic heterocycles. The highest BCUT2D eigenvalue weighted by atomic mass is 19.4. The molecule has 32 heavy (non-hydrogen) atoms. The summed E-state index contributed by atoms with van der Waals surface area (Å²) in [5, 5.41) is 3.67. The zero-order valence-electron chi connectivity index (χ0n) is 16.6. The van der Waals surface area contributed by atoms with Crippen molar-refractivity contribution in [2.24, 2.45) is 0 Å². The van der Waals surface area contributed by atoms with E-state index < -0.39 is 12.3 Å². The van der Waals surface area contributed by atoms with Gasteiger partial charge in [0.25, 0.3) is 5.91 Å². The molecule has 0 bridgehead atoms. The van der Waals surface area contributed by atoms with E-state index in [-0.39, 0.29) is 12.4 Å². The first-order valence-electron chi connectivity index (χ1n) is 9.60. The summed E-state index contributed by atoms with van der Waals surface area (Å²) in [7, 11) is 0. The number of para-hydroxylation sites is 1. The van der Waals surface area contributed by atoms with Crippen LogP contribution in [-0.4, -0.2) is 17.3 Å². The molecule has 8 heteroatoms. The number of nitrogens with one attached hydrogen (secondary N) is 1. The minimum atomic E-state index is -4.76. The standard InChI is InChI=1S/C24H17F3N2O3/c25-24(26,27)32-21-13-9-18(10-14-21)29-23(30)17-6-11-20(12-7-17)31-15-19-8-5-16-3-1-2-4-22(16)28-19/h1-14H,15H2,(H,29,30). The molecule has 5 nitrogen and oxygen atoms in total. The van der Waals surface area contributed by atoms with Crippen LogP contribution >= 0.6 is 0 Å². The number of hydrogen-bond acceptors (Lipinski definition) is 4. The minimum absolute atomic E-state index is 0.280. The zero-order valence-corrected chi connectivity index (χ0v) is 16.6. The largest absolute Gasteiger partial charge is 0.573 e. The molecule has 0 aliphatic rings. The first-order valence-corrected chi connectivity index (χ1v) is 9.60. The van der Waals surface area contributed by atoms with Crippen molar-refractivity contribution in [1.29, 1.82) is 0 Å². The summed E-state index contributed by atoms with van der Waals surface area (Å²) in [4.78, 5) is 16.9. The number of halogens is 3. The fourth-order valence-electron chi connectivity index (χ4n) is 2.99. The Hall–Kier alpha value is -4.07. The van der Waals surface area contributed by atoms with Crippen molar-refractivity contribution < 1.29 is 27.4 Å². The van der Waals surface area contributed by atoms with Gasteiger partial charge in [-0.25, -0.2) is 4.98 Å². The number of nitrogens with zero attached hydrogens (tertiary/aromatic N) is 1. The molecule has 0 radical (unpaired) electrons. The molecule has 3 aromatic carbocycles. The number of ether oxygens (including phenoxy) is 2. The van der Waals surface area contributed by atoms with Gasteiger partial charge in [0.2, 0.25) is 0 Å². The van der Waals surface area contributed by atoms with Crippen molar-refractivity contribution in [3.8, 4) is 11.5 Å². The molecule has 1 amide bonds. The van der Waals surface area contributed by atoms with Gasteiger partial charge in [-0.1, -0.05) is 24.3 Å². The number of fused-ring (bicyclic) bond motifs is 1. The molecule has 0 saturated heterocycles. The molecule has 0 unspecified atom stereocenters. The third-order valence-electron chi connectivity index (χ3n) is 4.51. The van der Waals surface area contributed by atoms with Gasteiger partial charge in [-0.05, 0) is 60.7 Å². The lowest BCUT2D eigenvalue weighted by atomic mass is 10.2. The van der Waals surface area contributed by atoms with Gasteiger partial charge in [-0.3, -0.25) is 4.79 Å². The van der Waals surface area contributed by atoms with Crippen LogP contribution in [0.15, 0.2) is 84.9 Å². The second-order valence-corrected chi connectivity index (χ2v) is 6.83. The van der Waals surface area contributed by atoms with Gasteiger partial charge >= 0.3 is 6.36 Å². The molecule has 0 fully saturated rings. The first-order chi connectivity index (χ1) is 15.4. The van der Waals surface area contributed by atoms with E-state index in [1.54, 1.807) is 24.3 Å². The molecular weight excluding hydrogens is 421 g/mol. The normalized spacial score (nSPS) is 11.2. The van der Waals surface area contributed by atoms with Crippen molar-refractivity contribution in [3.63, 3.8) is 0 Å². The minimum Gasteiger partial charge on any atom is -0.487 e. The molecule has 1 heterocycles. The van der Waals surface area contributed by atoms with Gasteiger partial charge in [0.1, 0.15) is 18.1 Å². The SMILES string of the molecule is O=C(Nc1ccc(OC(F)(F)F)cc1)c1ccc(OCc2ccc3ccccc3n2)cc1. The van der Waals surface area contributed by atoms with E-state index in [9.17, 15) is 18.0 Å². The van der Waals surface area contributed by atoms with Crippen LogP contribution in [0.3, 0.4) is 0 Å². The van der Waals surface area contributed by atoms with Gasteiger partial charge < -0.3 is 14.8 Å². The van der Waals surface area contributed by atoms with Crippen molar-refractivity contribution in [3.05, 3.63) is 96.2 Å². The van der Waals surface area contributed by atoms with Crippen LogP contribution in [0.5, 0.6) is 11.5 Å². The summed E-state index contributed by atoms with van der Waals surface area (Å²) in [6, 6.07) is 23.1. The van der Waals surface area contributed by atoms with E-state index in [0.29, 0.717) is 17.0 Å². The van der Waals surface area contributed by atoms with Gasteiger partial charge in [-0.15, -0.1) is 13.2 Å². The molecular formula is C24H17F3N2O3. The van der Waals surface area contributed by atoms with E-state index in [4.69, 9.17) is 4.74 Å². The number of carbonyl (C=O) groups is 1. The molecule has 0 saturated carbocycles. The molecule has 0 spiro atoms. The number of anilines is 1. The Balaban J connectivity index is 1.33. The Morgan fingerprint density at radius 2 is 1.53 bits per heavy atom. The summed E-state index contributed by atoms with van der Waals surface area (Å²) in [6.07, 6.45) is -4.76. The van der Waals surface area contributed by atoms with E-state index in [2.05, 4.69) is 15.0 Å². The predicted molar refractivity (Wildman–Crippen MR) is 114 cm³/mol. The number of rotatable bonds is 6. The van der Waals surface area contributed by atoms with E-state index in [1.165, 1.54) is 12.1 Å². The third-order valence-corrected chi connectivity index (χ3v) is 4.51. The highest BCUT2D eigenvalue weighted by Crippen LogP contribution is 2.24. The van der Waals surface area contributed by atoms with Crippen LogP contribution in [-0.2, 0) is 6.61 Å². The molecule has 0 aliphatic carbocycles. The quantitative estimate of drug-likeness (QED) is 0.403. The average molecular weight is 438 g/mol. The summed E-state index contributed by atoms with van der Waals surface area (Å²) < 4.78 is 46.2. The lowest BCUT2D eigenvalue weighted by Gasteiger charge is -2.10. The number of alkyl halides is 3. The summed E-state index contributed by atoms with van der Waals surface area (Å²) in [6.45, 7) is 0.280. The highest BCUT2D eigenvalue weighted by Gasteiger charge is 2.30. The van der Waals surface area contributed by atoms with Crippen LogP contribution in [0, 0.1) is 0 Å². The number of benzene rings is 3. The number of carbonyl (C=O) groups excluding carboxylic acids is 1. The molecule has 1 N–H and O–H groups in total. The fourth-order valence-corrected chi connectivity index (χ4v) is 2.99. The number of aromatic nitrogens is 1. The van der Waals surface area contributed by atoms with Crippen LogP contribution < -0.4 is 14.8 Å². The van der Waals surface area contributed by atoms with Crippen LogP contribution in [0.4, 0.5) is 18.9 Å². The maximum absolute atomic E-state index is 12.4. The lowest BCUT2D eigenvalue weighted by molar-refractivity contribution is -0.274. The predicted octanol–water partition coefficient (Wildman–Crippen LogP) is 5.96. The molecule has 162 valence electrons. The summed E-state index contributed by atoms with van der Waals surface area (Å²) in [5.74, 6) is -0.194. The van der Waals surface area contributed by atoms with E-state index in [1.807, 2.05) is 36.4 Å². The Morgan fingerprint density at radius 3 is 2.25 bits per heavy atom. The molecule has 4 aromatic rings. The number of pyridine rings is 1. The van der Waals surface area contributed by atoms with Gasteiger partial charge in [-0.2, -0.15) is 0 Å². The molecule has 4 rings (SSSR count). The topological polar surface area (TPSA) is 60.5 Å². The van der Waals surface area contributed by atoms with Crippen LogP contribution in [0.2, 0.25) is 0 Å². The second-order valence-electron chi connectivity index (χ2n) is 6.83. The number of hydrogen-bond donors (Lipinski definition) is 1. The van der Waals surface area contributed by atoms with E-state index >= 15 is 0 Å². The van der Waals surface area contributed by atoms with Crippen LogP contribution in [0.1, 0.15) is 16.1 Å². The van der Waals surface area contributed by atoms with Gasteiger partial charge in [0.15, 0.2) is 0 Å². The Kier molecular flexibility index (Phi) is 5.93. The van der Waals surface area contributed by atoms with Crippen molar-refractivity contribution in [2.45, 2.75) is 13.0 Å². The van der Waals surface area contributed by atoms with E-state index in [0.717, 1.165) is 28.7 Å². The summed E-state index contributed by atoms with van der Waals surface area (Å²) >= 11 is 0. The Morgan fingerprint density at radius 1 is 0.844 bits per heavy atom. The molecule has 0 aliphatic heterocycles. The Labute approximate surface area is 181 Å². The maximum atomic E-state index is 12.4. The van der Waals surface area contributed by atoms with Crippen molar-refractivity contribution in [2.75, 3.05) is 5.32 Å². The third kappa shape index (κ3) is 5.54.